The lowest BCUT2D eigenvalue weighted by molar-refractivity contribution is -0.141. The Labute approximate surface area is 107 Å². The van der Waals surface area contributed by atoms with Gasteiger partial charge >= 0.3 is 12.0 Å². The molecule has 0 aromatic rings. The third kappa shape index (κ3) is 2.43. The second kappa shape index (κ2) is 4.42. The van der Waals surface area contributed by atoms with E-state index in [2.05, 4.69) is 10.6 Å². The first-order chi connectivity index (χ1) is 8.01. The second-order valence-electron chi connectivity index (χ2n) is 6.05. The summed E-state index contributed by atoms with van der Waals surface area (Å²) in [7, 11) is 0. The highest BCUT2D eigenvalue weighted by molar-refractivity contribution is 5.83. The Balaban J connectivity index is 2.56. The predicted molar refractivity (Wildman–Crippen MR) is 66.1 cm³/mol. The highest BCUT2D eigenvalue weighted by Gasteiger charge is 2.65. The van der Waals surface area contributed by atoms with Crippen LogP contribution in [0, 0.1) is 10.8 Å². The number of carboxylic acids is 1. The Hall–Kier alpha value is -1.30. The van der Waals surface area contributed by atoms with E-state index >= 15 is 0 Å². The average Bonchev–Trinajstić information content (AvgIpc) is 2.56. The molecule has 0 spiro atoms. The summed E-state index contributed by atoms with van der Waals surface area (Å²) in [5.74, 6) is -1.26. The van der Waals surface area contributed by atoms with Gasteiger partial charge in [0, 0.05) is 6.04 Å². The molecule has 0 unspecified atom stereocenters. The lowest BCUT2D eigenvalue weighted by Crippen LogP contribution is -2.52. The smallest absolute Gasteiger partial charge is 0.328 e. The summed E-state index contributed by atoms with van der Waals surface area (Å²) in [6.07, 6.45) is -1.14. The molecule has 4 N–H and O–H groups in total. The molecule has 0 heterocycles. The van der Waals surface area contributed by atoms with Gasteiger partial charge in [0.05, 0.1) is 6.10 Å². The van der Waals surface area contributed by atoms with Crippen molar-refractivity contribution in [1.82, 2.24) is 10.6 Å². The minimum absolute atomic E-state index is 0.00607. The van der Waals surface area contributed by atoms with Crippen LogP contribution in [0.2, 0.25) is 0 Å². The van der Waals surface area contributed by atoms with Gasteiger partial charge in [0.2, 0.25) is 0 Å². The lowest BCUT2D eigenvalue weighted by Gasteiger charge is -2.18. The number of carbonyl (C=O) groups excluding carboxylic acids is 1. The Morgan fingerprint density at radius 2 is 1.61 bits per heavy atom. The zero-order chi connectivity index (χ0) is 14.3. The molecule has 0 aromatic carbocycles. The SMILES string of the molecule is C[C@@H](O)[C@H](NC(=O)NC1C(C)(C)C1(C)C)C(=O)O. The van der Waals surface area contributed by atoms with Crippen molar-refractivity contribution in [3.63, 3.8) is 0 Å². The predicted octanol–water partition coefficient (Wildman–Crippen LogP) is 0.554. The lowest BCUT2D eigenvalue weighted by atomic mass is 10.0. The Morgan fingerprint density at radius 3 is 1.89 bits per heavy atom. The molecule has 0 radical (unpaired) electrons. The van der Waals surface area contributed by atoms with Gasteiger partial charge in [0.15, 0.2) is 6.04 Å². The van der Waals surface area contributed by atoms with Gasteiger partial charge in [0.25, 0.3) is 0 Å². The first-order valence-corrected chi connectivity index (χ1v) is 5.99. The largest absolute Gasteiger partial charge is 0.480 e. The van der Waals surface area contributed by atoms with E-state index in [4.69, 9.17) is 5.11 Å². The van der Waals surface area contributed by atoms with E-state index in [1.807, 2.05) is 27.7 Å². The molecule has 0 bridgehead atoms. The van der Waals surface area contributed by atoms with Crippen LogP contribution in [0.25, 0.3) is 0 Å². The second-order valence-corrected chi connectivity index (χ2v) is 6.05. The number of nitrogens with one attached hydrogen (secondary N) is 2. The number of aliphatic hydroxyl groups is 1. The maximum atomic E-state index is 11.7. The number of rotatable bonds is 4. The van der Waals surface area contributed by atoms with Crippen molar-refractivity contribution in [2.24, 2.45) is 10.8 Å². The van der Waals surface area contributed by atoms with Gasteiger partial charge in [-0.1, -0.05) is 27.7 Å². The van der Waals surface area contributed by atoms with Gasteiger partial charge in [-0.15, -0.1) is 0 Å². The molecule has 18 heavy (non-hydrogen) atoms. The molecule has 1 fully saturated rings. The van der Waals surface area contributed by atoms with E-state index in [-0.39, 0.29) is 16.9 Å². The highest BCUT2D eigenvalue weighted by atomic mass is 16.4. The summed E-state index contributed by atoms with van der Waals surface area (Å²) in [5.41, 5.74) is -0.0399. The molecule has 6 heteroatoms. The van der Waals surface area contributed by atoms with Gasteiger partial charge in [-0.2, -0.15) is 0 Å². The summed E-state index contributed by atoms with van der Waals surface area (Å²) in [5, 5.41) is 23.1. The van der Waals surface area contributed by atoms with E-state index in [1.165, 1.54) is 6.92 Å². The molecule has 6 nitrogen and oxygen atoms in total. The molecule has 0 aliphatic heterocycles. The number of aliphatic hydroxyl groups excluding tert-OH is 1. The first kappa shape index (κ1) is 14.8. The molecule has 2 amide bonds. The van der Waals surface area contributed by atoms with Gasteiger partial charge in [0.1, 0.15) is 0 Å². The molecule has 1 aliphatic carbocycles. The normalized spacial score (nSPS) is 23.9. The van der Waals surface area contributed by atoms with Crippen molar-refractivity contribution in [2.75, 3.05) is 0 Å². The fourth-order valence-corrected chi connectivity index (χ4v) is 2.26. The molecule has 2 atom stereocenters. The number of urea groups is 1. The van der Waals surface area contributed by atoms with Crippen molar-refractivity contribution in [3.05, 3.63) is 0 Å². The van der Waals surface area contributed by atoms with Crippen LogP contribution < -0.4 is 10.6 Å². The van der Waals surface area contributed by atoms with E-state index in [0.717, 1.165) is 0 Å². The van der Waals surface area contributed by atoms with Crippen LogP contribution in [0.1, 0.15) is 34.6 Å². The van der Waals surface area contributed by atoms with Crippen molar-refractivity contribution < 1.29 is 19.8 Å². The summed E-state index contributed by atoms with van der Waals surface area (Å²) in [6, 6.07) is -1.87. The Bertz CT molecular complexity index is 349. The van der Waals surface area contributed by atoms with E-state index in [0.29, 0.717) is 0 Å². The van der Waals surface area contributed by atoms with Crippen molar-refractivity contribution in [2.45, 2.75) is 52.8 Å². The van der Waals surface area contributed by atoms with E-state index in [1.54, 1.807) is 0 Å². The van der Waals surface area contributed by atoms with Crippen molar-refractivity contribution >= 4 is 12.0 Å². The fraction of sp³-hybridized carbons (Fsp3) is 0.833. The monoisotopic (exact) mass is 258 g/mol. The Morgan fingerprint density at radius 1 is 1.17 bits per heavy atom. The van der Waals surface area contributed by atoms with Crippen LogP contribution in [0.5, 0.6) is 0 Å². The average molecular weight is 258 g/mol. The molecular weight excluding hydrogens is 236 g/mol. The van der Waals surface area contributed by atoms with Gasteiger partial charge < -0.3 is 20.8 Å². The maximum absolute atomic E-state index is 11.7. The van der Waals surface area contributed by atoms with Crippen LogP contribution >= 0.6 is 0 Å². The molecular formula is C12H22N2O4. The topological polar surface area (TPSA) is 98.7 Å². The minimum atomic E-state index is -1.30. The molecule has 0 aromatic heterocycles. The number of aliphatic carboxylic acids is 1. The minimum Gasteiger partial charge on any atom is -0.480 e. The summed E-state index contributed by atoms with van der Waals surface area (Å²) >= 11 is 0. The summed E-state index contributed by atoms with van der Waals surface area (Å²) in [4.78, 5) is 22.5. The van der Waals surface area contributed by atoms with Gasteiger partial charge in [-0.3, -0.25) is 0 Å². The van der Waals surface area contributed by atoms with E-state index in [9.17, 15) is 14.7 Å². The third-order valence-corrected chi connectivity index (χ3v) is 4.33. The zero-order valence-electron chi connectivity index (χ0n) is 11.4. The molecule has 1 aliphatic rings. The Kier molecular flexibility index (Phi) is 3.63. The van der Waals surface area contributed by atoms with Crippen LogP contribution in [0.3, 0.4) is 0 Å². The van der Waals surface area contributed by atoms with Crippen LogP contribution in [-0.2, 0) is 4.79 Å². The van der Waals surface area contributed by atoms with Gasteiger partial charge in [-0.05, 0) is 17.8 Å². The van der Waals surface area contributed by atoms with Crippen LogP contribution in [-0.4, -0.2) is 40.4 Å². The van der Waals surface area contributed by atoms with Crippen molar-refractivity contribution in [1.29, 1.82) is 0 Å². The van der Waals surface area contributed by atoms with E-state index < -0.39 is 24.1 Å². The molecule has 0 saturated heterocycles. The van der Waals surface area contributed by atoms with Gasteiger partial charge in [-0.25, -0.2) is 9.59 Å². The summed E-state index contributed by atoms with van der Waals surface area (Å²) in [6.45, 7) is 9.50. The number of hydrogen-bond donors (Lipinski definition) is 4. The highest BCUT2D eigenvalue weighted by Crippen LogP contribution is 2.62. The van der Waals surface area contributed by atoms with Crippen LogP contribution in [0.15, 0.2) is 0 Å². The molecule has 1 rings (SSSR count). The van der Waals surface area contributed by atoms with Crippen molar-refractivity contribution in [3.8, 4) is 0 Å². The quantitative estimate of drug-likeness (QED) is 0.592. The summed E-state index contributed by atoms with van der Waals surface area (Å²) < 4.78 is 0. The molecule has 104 valence electrons. The maximum Gasteiger partial charge on any atom is 0.328 e. The number of amides is 2. The molecule has 1 saturated carbocycles. The zero-order valence-corrected chi connectivity index (χ0v) is 11.4. The van der Waals surface area contributed by atoms with Crippen LogP contribution in [0.4, 0.5) is 4.79 Å². The number of carboxylic acid groups (broad SMARTS) is 1. The number of carbonyl (C=O) groups is 2. The standard InChI is InChI=1S/C12H22N2O4/c1-6(15)7(8(16)17)13-10(18)14-9-11(2,3)12(9,4)5/h6-7,9,15H,1-5H3,(H,16,17)(H2,13,14,18)/t6-,7+/m1/s1. The third-order valence-electron chi connectivity index (χ3n) is 4.33. The number of hydrogen-bond acceptors (Lipinski definition) is 3. The fourth-order valence-electron chi connectivity index (χ4n) is 2.26. The first-order valence-electron chi connectivity index (χ1n) is 5.99.